The predicted octanol–water partition coefficient (Wildman–Crippen LogP) is 5.92. The SMILES string of the molecule is CCCCCCCc1ccoc1CCCCCC. The van der Waals surface area contributed by atoms with Crippen molar-refractivity contribution in [2.45, 2.75) is 84.5 Å². The van der Waals surface area contributed by atoms with Gasteiger partial charge in [-0.1, -0.05) is 58.8 Å². The van der Waals surface area contributed by atoms with Gasteiger partial charge in [-0.15, -0.1) is 0 Å². The number of furan rings is 1. The molecule has 0 N–H and O–H groups in total. The molecule has 1 aromatic heterocycles. The van der Waals surface area contributed by atoms with Gasteiger partial charge in [0.15, 0.2) is 0 Å². The maximum atomic E-state index is 5.62. The molecule has 0 aromatic carbocycles. The first-order chi connectivity index (χ1) is 8.88. The lowest BCUT2D eigenvalue weighted by molar-refractivity contribution is 0.488. The van der Waals surface area contributed by atoms with Crippen molar-refractivity contribution in [3.63, 3.8) is 0 Å². The number of hydrogen-bond acceptors (Lipinski definition) is 1. The summed E-state index contributed by atoms with van der Waals surface area (Å²) < 4.78 is 5.62. The summed E-state index contributed by atoms with van der Waals surface area (Å²) in [4.78, 5) is 0. The fourth-order valence-electron chi connectivity index (χ4n) is 2.44. The molecule has 0 aliphatic heterocycles. The molecule has 0 radical (unpaired) electrons. The van der Waals surface area contributed by atoms with Crippen LogP contribution in [0.1, 0.15) is 83.0 Å². The molecule has 0 aliphatic rings. The molecule has 0 spiro atoms. The minimum Gasteiger partial charge on any atom is -0.469 e. The summed E-state index contributed by atoms with van der Waals surface area (Å²) in [5.74, 6) is 1.25. The van der Waals surface area contributed by atoms with Crippen LogP contribution in [0.5, 0.6) is 0 Å². The fraction of sp³-hybridized carbons (Fsp3) is 0.765. The lowest BCUT2D eigenvalue weighted by Crippen LogP contribution is -1.91. The van der Waals surface area contributed by atoms with Crippen molar-refractivity contribution in [1.82, 2.24) is 0 Å². The number of unbranched alkanes of at least 4 members (excludes halogenated alkanes) is 7. The maximum Gasteiger partial charge on any atom is 0.106 e. The second-order valence-electron chi connectivity index (χ2n) is 5.34. The Labute approximate surface area is 113 Å². The van der Waals surface area contributed by atoms with Crippen molar-refractivity contribution in [2.75, 3.05) is 0 Å². The second kappa shape index (κ2) is 10.2. The summed E-state index contributed by atoms with van der Waals surface area (Å²) in [6.45, 7) is 4.53. The largest absolute Gasteiger partial charge is 0.469 e. The molecule has 0 atom stereocenters. The molecule has 0 bridgehead atoms. The fourth-order valence-corrected chi connectivity index (χ4v) is 2.44. The minimum atomic E-state index is 1.14. The second-order valence-corrected chi connectivity index (χ2v) is 5.34. The Morgan fingerprint density at radius 2 is 1.39 bits per heavy atom. The molecule has 0 amide bonds. The van der Waals surface area contributed by atoms with E-state index in [2.05, 4.69) is 19.9 Å². The van der Waals surface area contributed by atoms with Gasteiger partial charge in [0.2, 0.25) is 0 Å². The van der Waals surface area contributed by atoms with Crippen molar-refractivity contribution in [1.29, 1.82) is 0 Å². The standard InChI is InChI=1S/C17H30O/c1-3-5-7-9-10-12-16-14-15-18-17(16)13-11-8-6-4-2/h14-15H,3-13H2,1-2H3. The van der Waals surface area contributed by atoms with E-state index in [1.165, 1.54) is 75.5 Å². The van der Waals surface area contributed by atoms with Gasteiger partial charge in [-0.05, 0) is 30.9 Å². The molecular formula is C17H30O. The summed E-state index contributed by atoms with van der Waals surface area (Å²) in [5.41, 5.74) is 1.46. The normalized spacial score (nSPS) is 11.0. The van der Waals surface area contributed by atoms with Crippen LogP contribution in [0.15, 0.2) is 16.7 Å². The lowest BCUT2D eigenvalue weighted by atomic mass is 10.0. The molecule has 1 heterocycles. The molecule has 0 saturated carbocycles. The van der Waals surface area contributed by atoms with E-state index >= 15 is 0 Å². The average Bonchev–Trinajstić information content (AvgIpc) is 2.82. The molecule has 1 rings (SSSR count). The third-order valence-electron chi connectivity index (χ3n) is 3.64. The van der Waals surface area contributed by atoms with Crippen molar-refractivity contribution in [3.05, 3.63) is 23.7 Å². The van der Waals surface area contributed by atoms with E-state index in [1.807, 2.05) is 6.26 Å². The molecule has 0 fully saturated rings. The molecule has 1 nitrogen and oxygen atoms in total. The molecular weight excluding hydrogens is 220 g/mol. The third-order valence-corrected chi connectivity index (χ3v) is 3.64. The molecule has 0 saturated heterocycles. The van der Waals surface area contributed by atoms with Crippen LogP contribution < -0.4 is 0 Å². The van der Waals surface area contributed by atoms with Crippen LogP contribution in [-0.2, 0) is 12.8 Å². The van der Waals surface area contributed by atoms with Gasteiger partial charge in [0.05, 0.1) is 6.26 Å². The summed E-state index contributed by atoms with van der Waals surface area (Å²) in [5, 5.41) is 0. The summed E-state index contributed by atoms with van der Waals surface area (Å²) in [6, 6.07) is 2.18. The smallest absolute Gasteiger partial charge is 0.106 e. The first kappa shape index (κ1) is 15.3. The van der Waals surface area contributed by atoms with Gasteiger partial charge in [0.25, 0.3) is 0 Å². The van der Waals surface area contributed by atoms with E-state index in [1.54, 1.807) is 0 Å². The summed E-state index contributed by atoms with van der Waals surface area (Å²) in [7, 11) is 0. The van der Waals surface area contributed by atoms with Crippen LogP contribution in [0.2, 0.25) is 0 Å². The van der Waals surface area contributed by atoms with Crippen molar-refractivity contribution in [2.24, 2.45) is 0 Å². The minimum absolute atomic E-state index is 1.14. The Kier molecular flexibility index (Phi) is 8.71. The molecule has 1 aromatic rings. The Morgan fingerprint density at radius 1 is 0.778 bits per heavy atom. The van der Waals surface area contributed by atoms with E-state index in [-0.39, 0.29) is 0 Å². The first-order valence-corrected chi connectivity index (χ1v) is 7.93. The van der Waals surface area contributed by atoms with Crippen LogP contribution in [0, 0.1) is 0 Å². The van der Waals surface area contributed by atoms with Gasteiger partial charge in [-0.3, -0.25) is 0 Å². The first-order valence-electron chi connectivity index (χ1n) is 7.93. The van der Waals surface area contributed by atoms with E-state index in [9.17, 15) is 0 Å². The quantitative estimate of drug-likeness (QED) is 0.445. The molecule has 1 heteroatoms. The Hall–Kier alpha value is -0.720. The zero-order valence-electron chi connectivity index (χ0n) is 12.3. The van der Waals surface area contributed by atoms with Crippen molar-refractivity contribution >= 4 is 0 Å². The van der Waals surface area contributed by atoms with Crippen LogP contribution in [-0.4, -0.2) is 0 Å². The van der Waals surface area contributed by atoms with Gasteiger partial charge in [-0.2, -0.15) is 0 Å². The van der Waals surface area contributed by atoms with Gasteiger partial charge < -0.3 is 4.42 Å². The highest BCUT2D eigenvalue weighted by Gasteiger charge is 2.05. The van der Waals surface area contributed by atoms with Crippen molar-refractivity contribution in [3.8, 4) is 0 Å². The highest BCUT2D eigenvalue weighted by Crippen LogP contribution is 2.17. The van der Waals surface area contributed by atoms with Crippen molar-refractivity contribution < 1.29 is 4.42 Å². The Morgan fingerprint density at radius 3 is 2.11 bits per heavy atom. The average molecular weight is 250 g/mol. The molecule has 0 aliphatic carbocycles. The van der Waals surface area contributed by atoms with Gasteiger partial charge >= 0.3 is 0 Å². The van der Waals surface area contributed by atoms with Gasteiger partial charge in [-0.25, -0.2) is 0 Å². The zero-order valence-corrected chi connectivity index (χ0v) is 12.3. The summed E-state index contributed by atoms with van der Waals surface area (Å²) >= 11 is 0. The van der Waals surface area contributed by atoms with Crippen LogP contribution in [0.4, 0.5) is 0 Å². The zero-order chi connectivity index (χ0) is 13.1. The van der Waals surface area contributed by atoms with Crippen LogP contribution >= 0.6 is 0 Å². The molecule has 18 heavy (non-hydrogen) atoms. The Balaban J connectivity index is 2.18. The van der Waals surface area contributed by atoms with E-state index in [4.69, 9.17) is 4.42 Å². The molecule has 0 unspecified atom stereocenters. The van der Waals surface area contributed by atoms with Gasteiger partial charge in [0.1, 0.15) is 5.76 Å². The van der Waals surface area contributed by atoms with Gasteiger partial charge in [0, 0.05) is 6.42 Å². The predicted molar refractivity (Wildman–Crippen MR) is 79.0 cm³/mol. The highest BCUT2D eigenvalue weighted by molar-refractivity contribution is 5.17. The number of aryl methyl sites for hydroxylation is 2. The Bertz CT molecular complexity index is 288. The maximum absolute atomic E-state index is 5.62. The number of hydrogen-bond donors (Lipinski definition) is 0. The third kappa shape index (κ3) is 6.28. The summed E-state index contributed by atoms with van der Waals surface area (Å²) in [6.07, 6.45) is 16.3. The van der Waals surface area contributed by atoms with Crippen LogP contribution in [0.25, 0.3) is 0 Å². The monoisotopic (exact) mass is 250 g/mol. The van der Waals surface area contributed by atoms with E-state index < -0.39 is 0 Å². The van der Waals surface area contributed by atoms with E-state index in [0.717, 1.165) is 6.42 Å². The van der Waals surface area contributed by atoms with Crippen LogP contribution in [0.3, 0.4) is 0 Å². The highest BCUT2D eigenvalue weighted by atomic mass is 16.3. The topological polar surface area (TPSA) is 13.1 Å². The lowest BCUT2D eigenvalue weighted by Gasteiger charge is -2.03. The molecule has 104 valence electrons. The number of rotatable bonds is 11. The van der Waals surface area contributed by atoms with E-state index in [0.29, 0.717) is 0 Å².